The fraction of sp³-hybridized carbons (Fsp3) is 0.261. The van der Waals surface area contributed by atoms with E-state index >= 15 is 0 Å². The third kappa shape index (κ3) is 3.82. The Bertz CT molecular complexity index is 1440. The first-order valence-electron chi connectivity index (χ1n) is 10.4. The molecule has 0 aliphatic carbocycles. The number of carbonyl (C=O) groups excluding carboxylic acids is 1. The van der Waals surface area contributed by atoms with Crippen LogP contribution in [0.3, 0.4) is 0 Å². The molecule has 1 unspecified atom stereocenters. The van der Waals surface area contributed by atoms with E-state index in [0.29, 0.717) is 35.0 Å². The first-order valence-corrected chi connectivity index (χ1v) is 10.8. The van der Waals surface area contributed by atoms with Crippen LogP contribution in [-0.2, 0) is 18.4 Å². The van der Waals surface area contributed by atoms with E-state index in [0.717, 1.165) is 5.69 Å². The molecule has 7 nitrogen and oxygen atoms in total. The minimum atomic E-state index is -1.03. The summed E-state index contributed by atoms with van der Waals surface area (Å²) in [7, 11) is 1.79. The quantitative estimate of drug-likeness (QED) is 0.457. The van der Waals surface area contributed by atoms with E-state index in [1.54, 1.807) is 48.6 Å². The Kier molecular flexibility index (Phi) is 5.28. The number of pyridine rings is 1. The van der Waals surface area contributed by atoms with Crippen LogP contribution < -0.4 is 5.56 Å². The van der Waals surface area contributed by atoms with Gasteiger partial charge < -0.3 is 14.0 Å². The van der Waals surface area contributed by atoms with Gasteiger partial charge in [0, 0.05) is 37.7 Å². The average Bonchev–Trinajstić information content (AvgIpc) is 3.50. The van der Waals surface area contributed by atoms with E-state index in [1.165, 1.54) is 21.6 Å². The lowest BCUT2D eigenvalue weighted by atomic mass is 10.1. The second kappa shape index (κ2) is 8.15. The SMILES string of the molecule is Cn1cc(-n2cc(-c3ccc(F)c(Cl)c3)c3c(=O)n(CC(=O)N4CCC(F)C4)ccc32)cn1. The highest BCUT2D eigenvalue weighted by atomic mass is 35.5. The Morgan fingerprint density at radius 1 is 1.27 bits per heavy atom. The summed E-state index contributed by atoms with van der Waals surface area (Å²) in [6.07, 6.45) is 6.07. The highest BCUT2D eigenvalue weighted by molar-refractivity contribution is 6.31. The van der Waals surface area contributed by atoms with E-state index in [-0.39, 0.29) is 29.6 Å². The maximum atomic E-state index is 13.8. The van der Waals surface area contributed by atoms with Crippen LogP contribution in [-0.4, -0.2) is 49.0 Å². The number of hydrogen-bond donors (Lipinski definition) is 0. The summed E-state index contributed by atoms with van der Waals surface area (Å²) in [6, 6.07) is 6.01. The molecular weight excluding hydrogens is 452 g/mol. The molecule has 4 heterocycles. The molecule has 0 radical (unpaired) electrons. The monoisotopic (exact) mass is 471 g/mol. The van der Waals surface area contributed by atoms with Crippen LogP contribution >= 0.6 is 11.6 Å². The molecule has 33 heavy (non-hydrogen) atoms. The Balaban J connectivity index is 1.65. The number of amides is 1. The van der Waals surface area contributed by atoms with Crippen molar-refractivity contribution in [1.82, 2.24) is 23.8 Å². The maximum Gasteiger partial charge on any atom is 0.261 e. The van der Waals surface area contributed by atoms with Gasteiger partial charge in [-0.15, -0.1) is 0 Å². The van der Waals surface area contributed by atoms with Gasteiger partial charge in [-0.2, -0.15) is 5.10 Å². The summed E-state index contributed by atoms with van der Waals surface area (Å²) in [5.41, 5.74) is 2.08. The number of nitrogens with zero attached hydrogens (tertiary/aromatic N) is 5. The second-order valence-electron chi connectivity index (χ2n) is 8.15. The van der Waals surface area contributed by atoms with Crippen molar-refractivity contribution in [2.75, 3.05) is 13.1 Å². The van der Waals surface area contributed by atoms with Gasteiger partial charge in [0.2, 0.25) is 5.91 Å². The van der Waals surface area contributed by atoms with E-state index in [9.17, 15) is 18.4 Å². The second-order valence-corrected chi connectivity index (χ2v) is 8.56. The number of hydrogen-bond acceptors (Lipinski definition) is 3. The zero-order valence-corrected chi connectivity index (χ0v) is 18.5. The van der Waals surface area contributed by atoms with Crippen molar-refractivity contribution in [3.8, 4) is 16.8 Å². The average molecular weight is 472 g/mol. The lowest BCUT2D eigenvalue weighted by molar-refractivity contribution is -0.131. The molecule has 1 amide bonds. The van der Waals surface area contributed by atoms with Crippen LogP contribution in [0.25, 0.3) is 27.7 Å². The van der Waals surface area contributed by atoms with E-state index in [4.69, 9.17) is 11.6 Å². The van der Waals surface area contributed by atoms with Crippen LogP contribution in [0.1, 0.15) is 6.42 Å². The zero-order chi connectivity index (χ0) is 23.3. The number of benzene rings is 1. The van der Waals surface area contributed by atoms with Gasteiger partial charge in [-0.1, -0.05) is 17.7 Å². The predicted molar refractivity (Wildman–Crippen MR) is 121 cm³/mol. The largest absolute Gasteiger partial charge is 0.338 e. The molecular formula is C23H20ClF2N5O2. The fourth-order valence-electron chi connectivity index (χ4n) is 4.23. The van der Waals surface area contributed by atoms with E-state index < -0.39 is 12.0 Å². The zero-order valence-electron chi connectivity index (χ0n) is 17.7. The normalized spacial score (nSPS) is 16.1. The smallest absolute Gasteiger partial charge is 0.261 e. The molecule has 1 saturated heterocycles. The lowest BCUT2D eigenvalue weighted by Crippen LogP contribution is -2.35. The molecule has 3 aromatic heterocycles. The molecule has 0 saturated carbocycles. The molecule has 0 spiro atoms. The standard InChI is InChI=1S/C23H20ClF2N5O2/c1-28-11-16(9-27-28)31-12-17(14-2-3-19(26)18(24)8-14)22-20(31)5-7-30(23(22)33)13-21(32)29-6-4-15(25)10-29/h2-3,5,7-9,11-12,15H,4,6,10,13H2,1H3. The van der Waals surface area contributed by atoms with E-state index in [2.05, 4.69) is 5.10 Å². The number of aromatic nitrogens is 4. The molecule has 4 aromatic rings. The topological polar surface area (TPSA) is 65.1 Å². The Labute approximate surface area is 192 Å². The van der Waals surface area contributed by atoms with Gasteiger partial charge in [-0.3, -0.25) is 14.3 Å². The molecule has 1 fully saturated rings. The number of aryl methyl sites for hydroxylation is 1. The molecule has 170 valence electrons. The van der Waals surface area contributed by atoms with Crippen LogP contribution in [0.4, 0.5) is 8.78 Å². The van der Waals surface area contributed by atoms with Crippen molar-refractivity contribution in [1.29, 1.82) is 0 Å². The molecule has 5 rings (SSSR count). The molecule has 0 N–H and O–H groups in total. The van der Waals surface area contributed by atoms with Crippen molar-refractivity contribution in [2.45, 2.75) is 19.1 Å². The number of fused-ring (bicyclic) bond motifs is 1. The number of likely N-dealkylation sites (tertiary alicyclic amines) is 1. The van der Waals surface area contributed by atoms with Crippen molar-refractivity contribution in [3.05, 3.63) is 70.2 Å². The van der Waals surface area contributed by atoms with E-state index in [1.807, 2.05) is 4.57 Å². The maximum absolute atomic E-state index is 13.8. The van der Waals surface area contributed by atoms with Crippen molar-refractivity contribution in [3.63, 3.8) is 0 Å². The summed E-state index contributed by atoms with van der Waals surface area (Å²) < 4.78 is 32.1. The molecule has 1 atom stereocenters. The summed E-state index contributed by atoms with van der Waals surface area (Å²) >= 11 is 6.01. The molecule has 1 aromatic carbocycles. The van der Waals surface area contributed by atoms with Crippen LogP contribution in [0.2, 0.25) is 5.02 Å². The highest BCUT2D eigenvalue weighted by Gasteiger charge is 2.26. The Morgan fingerprint density at radius 2 is 2.09 bits per heavy atom. The summed E-state index contributed by atoms with van der Waals surface area (Å²) in [5.74, 6) is -0.870. The number of rotatable bonds is 4. The third-order valence-corrected chi connectivity index (χ3v) is 6.21. The van der Waals surface area contributed by atoms with Gasteiger partial charge in [-0.25, -0.2) is 8.78 Å². The molecule has 0 bridgehead atoms. The molecule has 10 heteroatoms. The summed E-state index contributed by atoms with van der Waals surface area (Å²) in [4.78, 5) is 27.6. The fourth-order valence-corrected chi connectivity index (χ4v) is 4.41. The van der Waals surface area contributed by atoms with Crippen molar-refractivity contribution < 1.29 is 13.6 Å². The minimum absolute atomic E-state index is 0.0482. The van der Waals surface area contributed by atoms with Gasteiger partial charge in [-0.05, 0) is 30.2 Å². The first-order chi connectivity index (χ1) is 15.8. The highest BCUT2D eigenvalue weighted by Crippen LogP contribution is 2.32. The molecule has 1 aliphatic heterocycles. The third-order valence-electron chi connectivity index (χ3n) is 5.92. The van der Waals surface area contributed by atoms with Gasteiger partial charge in [0.25, 0.3) is 5.56 Å². The molecule has 1 aliphatic rings. The number of halogens is 3. The van der Waals surface area contributed by atoms with Gasteiger partial charge in [0.05, 0.1) is 34.4 Å². The lowest BCUT2D eigenvalue weighted by Gasteiger charge is -2.16. The van der Waals surface area contributed by atoms with Crippen LogP contribution in [0.15, 0.2) is 53.8 Å². The van der Waals surface area contributed by atoms with Crippen LogP contribution in [0, 0.1) is 5.82 Å². The predicted octanol–water partition coefficient (Wildman–Crippen LogP) is 3.56. The van der Waals surface area contributed by atoms with Crippen molar-refractivity contribution >= 4 is 28.4 Å². The van der Waals surface area contributed by atoms with Gasteiger partial charge in [0.15, 0.2) is 0 Å². The van der Waals surface area contributed by atoms with Gasteiger partial charge in [0.1, 0.15) is 18.5 Å². The minimum Gasteiger partial charge on any atom is -0.338 e. The summed E-state index contributed by atoms with van der Waals surface area (Å²) in [5, 5.41) is 4.50. The van der Waals surface area contributed by atoms with Crippen molar-refractivity contribution in [2.24, 2.45) is 7.05 Å². The Hall–Kier alpha value is -3.46. The van der Waals surface area contributed by atoms with Crippen LogP contribution in [0.5, 0.6) is 0 Å². The van der Waals surface area contributed by atoms with Gasteiger partial charge >= 0.3 is 0 Å². The number of carbonyl (C=O) groups is 1. The number of alkyl halides is 1. The Morgan fingerprint density at radius 3 is 2.76 bits per heavy atom. The summed E-state index contributed by atoms with van der Waals surface area (Å²) in [6.45, 7) is 0.198. The first kappa shape index (κ1) is 21.4.